The van der Waals surface area contributed by atoms with Crippen LogP contribution in [0.1, 0.15) is 37.6 Å². The van der Waals surface area contributed by atoms with Crippen LogP contribution in [0.5, 0.6) is 0 Å². The molecule has 0 bridgehead atoms. The Labute approximate surface area is 153 Å². The Hall–Kier alpha value is -1.97. The lowest BCUT2D eigenvalue weighted by Gasteiger charge is -2.34. The van der Waals surface area contributed by atoms with Crippen LogP contribution >= 0.6 is 0 Å². The Kier molecular flexibility index (Phi) is 6.05. The average molecular weight is 384 g/mol. The molecule has 9 heteroatoms. The van der Waals surface area contributed by atoms with Crippen LogP contribution in [0.2, 0.25) is 0 Å². The predicted octanol–water partition coefficient (Wildman–Crippen LogP) is 1.08. The van der Waals surface area contributed by atoms with E-state index in [1.54, 1.807) is 20.8 Å². The molecule has 0 spiro atoms. The first-order chi connectivity index (χ1) is 12.0. The van der Waals surface area contributed by atoms with Gasteiger partial charge < -0.3 is 14.7 Å². The quantitative estimate of drug-likeness (QED) is 0.785. The second-order valence-corrected chi connectivity index (χ2v) is 8.89. The maximum atomic E-state index is 12.7. The van der Waals surface area contributed by atoms with Gasteiger partial charge in [-0.05, 0) is 45.0 Å². The molecule has 1 aromatic carbocycles. The molecular formula is C17H24N2O6S. The molecule has 1 saturated heterocycles. The molecule has 26 heavy (non-hydrogen) atoms. The molecular weight excluding hydrogens is 360 g/mol. The zero-order valence-corrected chi connectivity index (χ0v) is 15.9. The van der Waals surface area contributed by atoms with Gasteiger partial charge in [-0.1, -0.05) is 0 Å². The van der Waals surface area contributed by atoms with Gasteiger partial charge in [-0.3, -0.25) is 9.59 Å². The highest BCUT2D eigenvalue weighted by Gasteiger charge is 2.30. The van der Waals surface area contributed by atoms with E-state index in [2.05, 4.69) is 4.72 Å². The number of carboxylic acid groups (broad SMARTS) is 1. The molecule has 1 aliphatic heterocycles. The van der Waals surface area contributed by atoms with Crippen molar-refractivity contribution < 1.29 is 27.9 Å². The van der Waals surface area contributed by atoms with Gasteiger partial charge in [-0.2, -0.15) is 0 Å². The van der Waals surface area contributed by atoms with Crippen LogP contribution in [0.15, 0.2) is 29.2 Å². The summed E-state index contributed by atoms with van der Waals surface area (Å²) < 4.78 is 32.4. The molecule has 1 fully saturated rings. The van der Waals surface area contributed by atoms with Gasteiger partial charge in [-0.25, -0.2) is 13.1 Å². The SMILES string of the molecule is CC(C)(C)NS(=O)(=O)c1ccc(C(=O)N2CCOCC2CC(=O)O)cc1. The van der Waals surface area contributed by atoms with Crippen molar-refractivity contribution in [1.29, 1.82) is 0 Å². The topological polar surface area (TPSA) is 113 Å². The Morgan fingerprint density at radius 1 is 1.27 bits per heavy atom. The summed E-state index contributed by atoms with van der Waals surface area (Å²) in [6.07, 6.45) is -0.201. The van der Waals surface area contributed by atoms with Crippen molar-refractivity contribution in [3.8, 4) is 0 Å². The first-order valence-electron chi connectivity index (χ1n) is 8.24. The first kappa shape index (κ1) is 20.3. The Morgan fingerprint density at radius 3 is 2.42 bits per heavy atom. The zero-order valence-electron chi connectivity index (χ0n) is 15.1. The van der Waals surface area contributed by atoms with Crippen molar-refractivity contribution in [1.82, 2.24) is 9.62 Å². The van der Waals surface area contributed by atoms with Crippen molar-refractivity contribution in [2.24, 2.45) is 0 Å². The van der Waals surface area contributed by atoms with E-state index in [-0.39, 0.29) is 23.8 Å². The number of amides is 1. The number of carbonyl (C=O) groups is 2. The van der Waals surface area contributed by atoms with E-state index in [1.807, 2.05) is 0 Å². The van der Waals surface area contributed by atoms with Crippen molar-refractivity contribution in [3.63, 3.8) is 0 Å². The fraction of sp³-hybridized carbons (Fsp3) is 0.529. The lowest BCUT2D eigenvalue weighted by Crippen LogP contribution is -2.49. The molecule has 1 unspecified atom stereocenters. The van der Waals surface area contributed by atoms with E-state index in [4.69, 9.17) is 9.84 Å². The second kappa shape index (κ2) is 7.73. The van der Waals surface area contributed by atoms with Crippen LogP contribution in [0.25, 0.3) is 0 Å². The predicted molar refractivity (Wildman–Crippen MR) is 94.4 cm³/mol. The maximum Gasteiger partial charge on any atom is 0.305 e. The number of carbonyl (C=O) groups excluding carboxylic acids is 1. The number of hydrogen-bond acceptors (Lipinski definition) is 5. The number of nitrogens with zero attached hydrogens (tertiary/aromatic N) is 1. The highest BCUT2D eigenvalue weighted by Crippen LogP contribution is 2.18. The summed E-state index contributed by atoms with van der Waals surface area (Å²) in [5, 5.41) is 8.99. The molecule has 2 N–H and O–H groups in total. The van der Waals surface area contributed by atoms with E-state index < -0.39 is 27.6 Å². The van der Waals surface area contributed by atoms with Gasteiger partial charge in [-0.15, -0.1) is 0 Å². The smallest absolute Gasteiger partial charge is 0.305 e. The summed E-state index contributed by atoms with van der Waals surface area (Å²) in [6, 6.07) is 5.07. The van der Waals surface area contributed by atoms with Gasteiger partial charge in [0.05, 0.1) is 30.6 Å². The number of carboxylic acids is 1. The number of ether oxygens (including phenoxy) is 1. The highest BCUT2D eigenvalue weighted by molar-refractivity contribution is 7.89. The lowest BCUT2D eigenvalue weighted by atomic mass is 10.1. The average Bonchev–Trinajstić information content (AvgIpc) is 2.52. The molecule has 1 atom stereocenters. The fourth-order valence-corrected chi connectivity index (χ4v) is 4.12. The molecule has 1 aliphatic rings. The van der Waals surface area contributed by atoms with E-state index in [9.17, 15) is 18.0 Å². The number of hydrogen-bond donors (Lipinski definition) is 2. The van der Waals surface area contributed by atoms with E-state index in [0.29, 0.717) is 18.7 Å². The Bertz CT molecular complexity index is 767. The molecule has 0 radical (unpaired) electrons. The monoisotopic (exact) mass is 384 g/mol. The highest BCUT2D eigenvalue weighted by atomic mass is 32.2. The third kappa shape index (κ3) is 5.26. The van der Waals surface area contributed by atoms with Crippen molar-refractivity contribution in [2.75, 3.05) is 19.8 Å². The summed E-state index contributed by atoms with van der Waals surface area (Å²) in [7, 11) is -3.68. The minimum atomic E-state index is -3.68. The van der Waals surface area contributed by atoms with Gasteiger partial charge in [0.15, 0.2) is 0 Å². The number of sulfonamides is 1. The lowest BCUT2D eigenvalue weighted by molar-refractivity contribution is -0.139. The molecule has 2 rings (SSSR count). The molecule has 0 aromatic heterocycles. The normalized spacial score (nSPS) is 18.6. The number of benzene rings is 1. The largest absolute Gasteiger partial charge is 0.481 e. The molecule has 1 aromatic rings. The maximum absolute atomic E-state index is 12.7. The van der Waals surface area contributed by atoms with Crippen LogP contribution < -0.4 is 4.72 Å². The van der Waals surface area contributed by atoms with Crippen molar-refractivity contribution >= 4 is 21.9 Å². The number of morpholine rings is 1. The summed E-state index contributed by atoms with van der Waals surface area (Å²) >= 11 is 0. The number of rotatable bonds is 5. The Balaban J connectivity index is 2.19. The van der Waals surface area contributed by atoms with Gasteiger partial charge in [0.1, 0.15) is 0 Å². The van der Waals surface area contributed by atoms with Gasteiger partial charge >= 0.3 is 5.97 Å². The third-order valence-corrected chi connectivity index (χ3v) is 5.52. The second-order valence-electron chi connectivity index (χ2n) is 7.21. The van der Waals surface area contributed by atoms with E-state index in [1.165, 1.54) is 29.2 Å². The standard InChI is InChI=1S/C17H24N2O6S/c1-17(2,3)18-26(23,24)14-6-4-12(5-7-14)16(22)19-8-9-25-11-13(19)10-15(20)21/h4-7,13,18H,8-11H2,1-3H3,(H,20,21). The van der Waals surface area contributed by atoms with Crippen LogP contribution in [0.3, 0.4) is 0 Å². The van der Waals surface area contributed by atoms with Crippen LogP contribution in [-0.4, -0.2) is 61.6 Å². The fourth-order valence-electron chi connectivity index (χ4n) is 2.70. The molecule has 0 aliphatic carbocycles. The zero-order chi connectivity index (χ0) is 19.5. The van der Waals surface area contributed by atoms with Gasteiger partial charge in [0.25, 0.3) is 5.91 Å². The summed E-state index contributed by atoms with van der Waals surface area (Å²) in [5.41, 5.74) is -0.317. The molecule has 1 amide bonds. The molecule has 144 valence electrons. The van der Waals surface area contributed by atoms with Crippen LogP contribution in [-0.2, 0) is 19.6 Å². The molecule has 8 nitrogen and oxygen atoms in total. The summed E-state index contributed by atoms with van der Waals surface area (Å²) in [4.78, 5) is 25.2. The van der Waals surface area contributed by atoms with Gasteiger partial charge in [0, 0.05) is 17.6 Å². The van der Waals surface area contributed by atoms with Crippen molar-refractivity contribution in [3.05, 3.63) is 29.8 Å². The summed E-state index contributed by atoms with van der Waals surface area (Å²) in [5.74, 6) is -1.35. The first-order valence-corrected chi connectivity index (χ1v) is 9.72. The van der Waals surface area contributed by atoms with Gasteiger partial charge in [0.2, 0.25) is 10.0 Å². The molecule has 1 heterocycles. The van der Waals surface area contributed by atoms with Crippen LogP contribution in [0, 0.1) is 0 Å². The number of aliphatic carboxylic acids is 1. The summed E-state index contributed by atoms with van der Waals surface area (Å²) in [6.45, 7) is 6.02. The third-order valence-electron chi connectivity index (χ3n) is 3.75. The van der Waals surface area contributed by atoms with Crippen LogP contribution in [0.4, 0.5) is 0 Å². The minimum Gasteiger partial charge on any atom is -0.481 e. The Morgan fingerprint density at radius 2 is 1.88 bits per heavy atom. The molecule has 0 saturated carbocycles. The van der Waals surface area contributed by atoms with E-state index >= 15 is 0 Å². The van der Waals surface area contributed by atoms with E-state index in [0.717, 1.165) is 0 Å². The van der Waals surface area contributed by atoms with Crippen molar-refractivity contribution in [2.45, 2.75) is 43.7 Å². The number of nitrogens with one attached hydrogen (secondary N) is 1. The minimum absolute atomic E-state index is 0.0630.